The first-order chi connectivity index (χ1) is 15.2. The molecule has 0 unspecified atom stereocenters. The fraction of sp³-hybridized carbons (Fsp3) is 0.0455. The summed E-state index contributed by atoms with van der Waals surface area (Å²) < 4.78 is 41.1. The lowest BCUT2D eigenvalue weighted by molar-refractivity contribution is 0.101. The maximum Gasteiger partial charge on any atom is 0.283 e. The van der Waals surface area contributed by atoms with Crippen LogP contribution in [0.2, 0.25) is 5.02 Å². The summed E-state index contributed by atoms with van der Waals surface area (Å²) in [5, 5.41) is 6.96. The highest BCUT2D eigenvalue weighted by Gasteiger charge is 2.22. The number of ketones is 1. The van der Waals surface area contributed by atoms with Crippen LogP contribution in [0.4, 0.5) is 10.1 Å². The van der Waals surface area contributed by atoms with Crippen LogP contribution in [-0.4, -0.2) is 29.3 Å². The topological polar surface area (TPSA) is 98.1 Å². The molecule has 162 valence electrons. The van der Waals surface area contributed by atoms with Gasteiger partial charge in [0.1, 0.15) is 5.82 Å². The van der Waals surface area contributed by atoms with E-state index in [0.29, 0.717) is 10.9 Å². The van der Waals surface area contributed by atoms with Crippen molar-refractivity contribution >= 4 is 49.9 Å². The number of fused-ring (bicyclic) bond motifs is 1. The van der Waals surface area contributed by atoms with Gasteiger partial charge in [0.25, 0.3) is 15.9 Å². The Kier molecular flexibility index (Phi) is 5.53. The third-order valence-corrected chi connectivity index (χ3v) is 6.70. The number of carbonyl (C=O) groups excluding carboxylic acids is 2. The number of nitrogens with one attached hydrogen (secondary N) is 1. The van der Waals surface area contributed by atoms with E-state index in [1.165, 1.54) is 61.7 Å². The Labute approximate surface area is 187 Å². The highest BCUT2D eigenvalue weighted by atomic mass is 35.5. The molecule has 0 bridgehead atoms. The van der Waals surface area contributed by atoms with Gasteiger partial charge in [-0.25, -0.2) is 4.39 Å². The number of anilines is 1. The second kappa shape index (κ2) is 8.18. The smallest absolute Gasteiger partial charge is 0.283 e. The highest BCUT2D eigenvalue weighted by Crippen LogP contribution is 2.25. The van der Waals surface area contributed by atoms with Crippen LogP contribution in [0.25, 0.3) is 10.9 Å². The summed E-state index contributed by atoms with van der Waals surface area (Å²) in [4.78, 5) is 23.9. The van der Waals surface area contributed by atoms with E-state index >= 15 is 0 Å². The van der Waals surface area contributed by atoms with E-state index in [1.54, 1.807) is 6.07 Å². The van der Waals surface area contributed by atoms with E-state index in [2.05, 4.69) is 10.4 Å². The minimum absolute atomic E-state index is 0.0507. The summed E-state index contributed by atoms with van der Waals surface area (Å²) in [6, 6.07) is 13.9. The van der Waals surface area contributed by atoms with Crippen LogP contribution >= 0.6 is 11.6 Å². The van der Waals surface area contributed by atoms with Gasteiger partial charge in [0, 0.05) is 16.6 Å². The van der Waals surface area contributed by atoms with Crippen molar-refractivity contribution in [2.24, 2.45) is 0 Å². The van der Waals surface area contributed by atoms with E-state index in [9.17, 15) is 22.4 Å². The van der Waals surface area contributed by atoms with Crippen molar-refractivity contribution < 1.29 is 22.4 Å². The van der Waals surface area contributed by atoms with Crippen molar-refractivity contribution in [3.63, 3.8) is 0 Å². The minimum Gasteiger partial charge on any atom is -0.322 e. The molecule has 0 saturated heterocycles. The number of hydrogen-bond donors (Lipinski definition) is 1. The molecule has 1 heterocycles. The fourth-order valence-corrected chi connectivity index (χ4v) is 4.65. The molecule has 0 aliphatic carbocycles. The van der Waals surface area contributed by atoms with Gasteiger partial charge >= 0.3 is 0 Å². The van der Waals surface area contributed by atoms with Gasteiger partial charge in [0.05, 0.1) is 27.2 Å². The van der Waals surface area contributed by atoms with Crippen molar-refractivity contribution in [2.75, 3.05) is 5.32 Å². The fourth-order valence-electron chi connectivity index (χ4n) is 3.13. The standard InChI is InChI=1S/C22H15ClFN3O4S/c1-13(28)14-6-9-17(10-7-14)32(30,31)27-20-11-16(8-5-15(20)12-25-27)26-22(29)21-18(23)3-2-4-19(21)24/h2-12H,1H3,(H,26,29). The summed E-state index contributed by atoms with van der Waals surface area (Å²) in [7, 11) is -4.08. The van der Waals surface area contributed by atoms with E-state index in [4.69, 9.17) is 11.6 Å². The van der Waals surface area contributed by atoms with Crippen LogP contribution in [-0.2, 0) is 10.0 Å². The van der Waals surface area contributed by atoms with Gasteiger partial charge in [-0.05, 0) is 49.4 Å². The average molecular weight is 472 g/mol. The van der Waals surface area contributed by atoms with Gasteiger partial charge in [0.2, 0.25) is 0 Å². The Morgan fingerprint density at radius 3 is 2.44 bits per heavy atom. The van der Waals surface area contributed by atoms with Crippen LogP contribution in [0.5, 0.6) is 0 Å². The number of nitrogens with zero attached hydrogens (tertiary/aromatic N) is 2. The molecule has 10 heteroatoms. The zero-order chi connectivity index (χ0) is 23.0. The first kappa shape index (κ1) is 21.7. The molecule has 7 nitrogen and oxygen atoms in total. The number of Topliss-reactive ketones (excluding diaryl/α,β-unsaturated/α-hetero) is 1. The zero-order valence-corrected chi connectivity index (χ0v) is 18.1. The lowest BCUT2D eigenvalue weighted by Gasteiger charge is -2.09. The molecule has 0 fully saturated rings. The Balaban J connectivity index is 1.71. The Hall–Kier alpha value is -3.56. The molecule has 32 heavy (non-hydrogen) atoms. The summed E-state index contributed by atoms with van der Waals surface area (Å²) in [5.74, 6) is -1.74. The van der Waals surface area contributed by atoms with Gasteiger partial charge in [0.15, 0.2) is 5.78 Å². The van der Waals surface area contributed by atoms with Crippen LogP contribution in [0.15, 0.2) is 71.8 Å². The van der Waals surface area contributed by atoms with Crippen molar-refractivity contribution in [3.05, 3.63) is 88.8 Å². The molecule has 3 aromatic carbocycles. The van der Waals surface area contributed by atoms with E-state index in [1.807, 2.05) is 0 Å². The molecule has 0 spiro atoms. The first-order valence-electron chi connectivity index (χ1n) is 9.28. The van der Waals surface area contributed by atoms with Gasteiger partial charge in [-0.1, -0.05) is 29.8 Å². The molecule has 4 aromatic rings. The first-order valence-corrected chi connectivity index (χ1v) is 11.1. The third-order valence-electron chi connectivity index (χ3n) is 4.77. The molecule has 1 amide bonds. The number of rotatable bonds is 5. The number of carbonyl (C=O) groups is 2. The Morgan fingerprint density at radius 2 is 1.78 bits per heavy atom. The number of halogens is 2. The average Bonchev–Trinajstić information content (AvgIpc) is 3.18. The minimum atomic E-state index is -4.08. The summed E-state index contributed by atoms with van der Waals surface area (Å²) >= 11 is 5.94. The number of amides is 1. The third kappa shape index (κ3) is 3.88. The van der Waals surface area contributed by atoms with Gasteiger partial charge in [-0.15, -0.1) is 0 Å². The lowest BCUT2D eigenvalue weighted by atomic mass is 10.2. The molecule has 1 aromatic heterocycles. The molecular formula is C22H15ClFN3O4S. The van der Waals surface area contributed by atoms with Crippen LogP contribution < -0.4 is 5.32 Å². The number of aromatic nitrogens is 2. The quantitative estimate of drug-likeness (QED) is 0.431. The second-order valence-corrected chi connectivity index (χ2v) is 9.07. The predicted octanol–water partition coefficient (Wildman–Crippen LogP) is 4.52. The molecule has 0 atom stereocenters. The molecule has 0 saturated carbocycles. The molecule has 4 rings (SSSR count). The monoisotopic (exact) mass is 471 g/mol. The lowest BCUT2D eigenvalue weighted by Crippen LogP contribution is -2.16. The summed E-state index contributed by atoms with van der Waals surface area (Å²) in [6.07, 6.45) is 1.37. The summed E-state index contributed by atoms with van der Waals surface area (Å²) in [5.41, 5.74) is 0.496. The maximum absolute atomic E-state index is 14.0. The van der Waals surface area contributed by atoms with Crippen molar-refractivity contribution in [2.45, 2.75) is 11.8 Å². The molecule has 0 aliphatic heterocycles. The van der Waals surface area contributed by atoms with Crippen LogP contribution in [0.3, 0.4) is 0 Å². The Bertz CT molecular complexity index is 1460. The number of benzene rings is 3. The van der Waals surface area contributed by atoms with Gasteiger partial charge < -0.3 is 5.32 Å². The SMILES string of the molecule is CC(=O)c1ccc(S(=O)(=O)n2ncc3ccc(NC(=O)c4c(F)cccc4Cl)cc32)cc1. The normalized spacial score (nSPS) is 11.5. The Morgan fingerprint density at radius 1 is 1.06 bits per heavy atom. The van der Waals surface area contributed by atoms with E-state index in [0.717, 1.165) is 10.2 Å². The highest BCUT2D eigenvalue weighted by molar-refractivity contribution is 7.90. The molecule has 1 N–H and O–H groups in total. The van der Waals surface area contributed by atoms with Crippen LogP contribution in [0, 0.1) is 5.82 Å². The van der Waals surface area contributed by atoms with Crippen molar-refractivity contribution in [1.82, 2.24) is 9.19 Å². The van der Waals surface area contributed by atoms with Gasteiger partial charge in [-0.3, -0.25) is 9.59 Å². The maximum atomic E-state index is 14.0. The second-order valence-electron chi connectivity index (χ2n) is 6.90. The largest absolute Gasteiger partial charge is 0.322 e. The predicted molar refractivity (Wildman–Crippen MR) is 118 cm³/mol. The van der Waals surface area contributed by atoms with E-state index in [-0.39, 0.29) is 32.5 Å². The molecule has 0 aliphatic rings. The molecular weight excluding hydrogens is 457 g/mol. The van der Waals surface area contributed by atoms with Crippen LogP contribution in [0.1, 0.15) is 27.6 Å². The summed E-state index contributed by atoms with van der Waals surface area (Å²) in [6.45, 7) is 1.38. The van der Waals surface area contributed by atoms with Crippen molar-refractivity contribution in [1.29, 1.82) is 0 Å². The van der Waals surface area contributed by atoms with Gasteiger partial charge in [-0.2, -0.15) is 17.6 Å². The molecule has 0 radical (unpaired) electrons. The zero-order valence-electron chi connectivity index (χ0n) is 16.5. The number of hydrogen-bond acceptors (Lipinski definition) is 5. The van der Waals surface area contributed by atoms with Crippen molar-refractivity contribution in [3.8, 4) is 0 Å². The van der Waals surface area contributed by atoms with E-state index < -0.39 is 21.7 Å².